The van der Waals surface area contributed by atoms with Crippen molar-refractivity contribution in [3.8, 4) is 5.75 Å². The lowest BCUT2D eigenvalue weighted by molar-refractivity contribution is 0.210. The zero-order valence-corrected chi connectivity index (χ0v) is 11.1. The Labute approximate surface area is 114 Å². The Bertz CT molecular complexity index is 484. The topological polar surface area (TPSA) is 37.0 Å². The third kappa shape index (κ3) is 3.31. The fraction of sp³-hybridized carbons (Fsp3) is 0.375. The molecule has 2 N–H and O–H groups in total. The van der Waals surface area contributed by atoms with Crippen LogP contribution in [0.2, 0.25) is 0 Å². The van der Waals surface area contributed by atoms with Crippen molar-refractivity contribution in [3.05, 3.63) is 48.3 Å². The van der Waals surface area contributed by atoms with Crippen molar-refractivity contribution in [2.75, 3.05) is 5.32 Å². The molecule has 0 saturated heterocycles. The first kappa shape index (κ1) is 12.2. The van der Waals surface area contributed by atoms with Gasteiger partial charge in [-0.25, -0.2) is 0 Å². The minimum Gasteiger partial charge on any atom is -0.490 e. The molecule has 1 fully saturated rings. The highest BCUT2D eigenvalue weighted by atomic mass is 16.5. The highest BCUT2D eigenvalue weighted by Gasteiger charge is 2.16. The minimum absolute atomic E-state index is 0.428. The minimum atomic E-state index is 0.428. The Morgan fingerprint density at radius 1 is 1.11 bits per heavy atom. The van der Waals surface area contributed by atoms with Crippen LogP contribution in [0.25, 0.3) is 0 Å². The second-order valence-corrected chi connectivity index (χ2v) is 5.10. The van der Waals surface area contributed by atoms with Gasteiger partial charge in [-0.2, -0.15) is 0 Å². The van der Waals surface area contributed by atoms with Crippen LogP contribution in [0.5, 0.6) is 5.75 Å². The summed E-state index contributed by atoms with van der Waals surface area (Å²) < 4.78 is 5.95. The Morgan fingerprint density at radius 3 is 2.58 bits per heavy atom. The molecule has 2 aromatic rings. The molecule has 0 radical (unpaired) electrons. The van der Waals surface area contributed by atoms with E-state index in [9.17, 15) is 0 Å². The van der Waals surface area contributed by atoms with E-state index in [1.807, 2.05) is 12.3 Å². The van der Waals surface area contributed by atoms with E-state index in [1.165, 1.54) is 31.4 Å². The molecule has 0 unspecified atom stereocenters. The van der Waals surface area contributed by atoms with Gasteiger partial charge in [0, 0.05) is 17.6 Å². The number of aromatic nitrogens is 1. The standard InChI is InChI=1S/C16H20N2O/c1-2-6-15(5-1)19-16-9-7-13(8-10-16)18-12-14-4-3-11-17-14/h3-4,7-11,15,17-18H,1-2,5-6,12H2. The molecule has 1 aliphatic carbocycles. The van der Waals surface area contributed by atoms with E-state index in [4.69, 9.17) is 4.74 Å². The predicted octanol–water partition coefficient (Wildman–Crippen LogP) is 3.95. The summed E-state index contributed by atoms with van der Waals surface area (Å²) in [5.41, 5.74) is 2.31. The van der Waals surface area contributed by atoms with Crippen LogP contribution in [-0.4, -0.2) is 11.1 Å². The normalized spacial score (nSPS) is 15.6. The summed E-state index contributed by atoms with van der Waals surface area (Å²) in [5, 5.41) is 3.38. The molecular formula is C16H20N2O. The molecule has 19 heavy (non-hydrogen) atoms. The highest BCUT2D eigenvalue weighted by molar-refractivity contribution is 5.46. The third-order valence-electron chi connectivity index (χ3n) is 3.60. The van der Waals surface area contributed by atoms with Crippen LogP contribution in [0.3, 0.4) is 0 Å². The molecule has 1 aromatic carbocycles. The van der Waals surface area contributed by atoms with Crippen molar-refractivity contribution < 1.29 is 4.74 Å². The molecule has 100 valence electrons. The number of anilines is 1. The van der Waals surface area contributed by atoms with E-state index in [0.717, 1.165) is 18.0 Å². The quantitative estimate of drug-likeness (QED) is 0.850. The second kappa shape index (κ2) is 5.83. The molecule has 0 spiro atoms. The first-order valence-corrected chi connectivity index (χ1v) is 7.03. The van der Waals surface area contributed by atoms with Crippen LogP contribution >= 0.6 is 0 Å². The van der Waals surface area contributed by atoms with Gasteiger partial charge in [-0.05, 0) is 62.1 Å². The number of rotatable bonds is 5. The first-order chi connectivity index (χ1) is 9.40. The van der Waals surface area contributed by atoms with Crippen molar-refractivity contribution >= 4 is 5.69 Å². The number of ether oxygens (including phenoxy) is 1. The van der Waals surface area contributed by atoms with Gasteiger partial charge in [-0.15, -0.1) is 0 Å². The summed E-state index contributed by atoms with van der Waals surface area (Å²) >= 11 is 0. The van der Waals surface area contributed by atoms with Gasteiger partial charge in [-0.1, -0.05) is 0 Å². The van der Waals surface area contributed by atoms with Gasteiger partial charge in [0.25, 0.3) is 0 Å². The van der Waals surface area contributed by atoms with Crippen LogP contribution in [0.4, 0.5) is 5.69 Å². The molecule has 0 aliphatic heterocycles. The SMILES string of the molecule is c1c[nH]c(CNc2ccc(OC3CCCC3)cc2)c1. The molecule has 1 aromatic heterocycles. The van der Waals surface area contributed by atoms with Gasteiger partial charge in [-0.3, -0.25) is 0 Å². The molecule has 1 heterocycles. The average Bonchev–Trinajstić information content (AvgIpc) is 3.11. The van der Waals surface area contributed by atoms with Crippen molar-refractivity contribution in [2.24, 2.45) is 0 Å². The Hall–Kier alpha value is -1.90. The summed E-state index contributed by atoms with van der Waals surface area (Å²) in [7, 11) is 0. The number of nitrogens with one attached hydrogen (secondary N) is 2. The van der Waals surface area contributed by atoms with Crippen LogP contribution in [0, 0.1) is 0 Å². The molecule has 3 rings (SSSR count). The van der Waals surface area contributed by atoms with Gasteiger partial charge < -0.3 is 15.0 Å². The Morgan fingerprint density at radius 2 is 1.89 bits per heavy atom. The van der Waals surface area contributed by atoms with E-state index < -0.39 is 0 Å². The van der Waals surface area contributed by atoms with Crippen molar-refractivity contribution in [2.45, 2.75) is 38.3 Å². The second-order valence-electron chi connectivity index (χ2n) is 5.10. The monoisotopic (exact) mass is 256 g/mol. The molecule has 0 bridgehead atoms. The summed E-state index contributed by atoms with van der Waals surface area (Å²) in [4.78, 5) is 3.18. The third-order valence-corrected chi connectivity index (χ3v) is 3.60. The largest absolute Gasteiger partial charge is 0.490 e. The van der Waals surface area contributed by atoms with Gasteiger partial charge in [0.15, 0.2) is 0 Å². The lowest BCUT2D eigenvalue weighted by atomic mass is 10.2. The zero-order valence-electron chi connectivity index (χ0n) is 11.1. The molecule has 1 aliphatic rings. The zero-order chi connectivity index (χ0) is 12.9. The maximum absolute atomic E-state index is 5.95. The van der Waals surface area contributed by atoms with E-state index in [2.05, 4.69) is 40.6 Å². The number of aromatic amines is 1. The van der Waals surface area contributed by atoms with E-state index >= 15 is 0 Å². The first-order valence-electron chi connectivity index (χ1n) is 7.03. The van der Waals surface area contributed by atoms with Crippen LogP contribution < -0.4 is 10.1 Å². The summed E-state index contributed by atoms with van der Waals surface area (Å²) in [6, 6.07) is 12.3. The van der Waals surface area contributed by atoms with Crippen molar-refractivity contribution in [1.29, 1.82) is 0 Å². The van der Waals surface area contributed by atoms with Crippen LogP contribution in [0.15, 0.2) is 42.6 Å². The molecule has 0 atom stereocenters. The number of H-pyrrole nitrogens is 1. The predicted molar refractivity (Wildman–Crippen MR) is 77.4 cm³/mol. The fourth-order valence-electron chi connectivity index (χ4n) is 2.52. The molecule has 1 saturated carbocycles. The van der Waals surface area contributed by atoms with E-state index in [1.54, 1.807) is 0 Å². The summed E-state index contributed by atoms with van der Waals surface area (Å²) in [6.07, 6.45) is 7.38. The van der Waals surface area contributed by atoms with Crippen LogP contribution in [-0.2, 0) is 6.54 Å². The number of hydrogen-bond donors (Lipinski definition) is 2. The van der Waals surface area contributed by atoms with Crippen LogP contribution in [0.1, 0.15) is 31.4 Å². The molecular weight excluding hydrogens is 236 g/mol. The van der Waals surface area contributed by atoms with Gasteiger partial charge in [0.2, 0.25) is 0 Å². The maximum Gasteiger partial charge on any atom is 0.119 e. The van der Waals surface area contributed by atoms with E-state index in [-0.39, 0.29) is 0 Å². The fourth-order valence-corrected chi connectivity index (χ4v) is 2.52. The van der Waals surface area contributed by atoms with Crippen molar-refractivity contribution in [3.63, 3.8) is 0 Å². The lowest BCUT2D eigenvalue weighted by Gasteiger charge is -2.13. The van der Waals surface area contributed by atoms with Gasteiger partial charge in [0.05, 0.1) is 12.6 Å². The Balaban J connectivity index is 1.53. The summed E-state index contributed by atoms with van der Waals surface area (Å²) in [6.45, 7) is 0.815. The highest BCUT2D eigenvalue weighted by Crippen LogP contribution is 2.25. The van der Waals surface area contributed by atoms with Gasteiger partial charge in [0.1, 0.15) is 5.75 Å². The molecule has 3 heteroatoms. The average molecular weight is 256 g/mol. The molecule has 3 nitrogen and oxygen atoms in total. The maximum atomic E-state index is 5.95. The summed E-state index contributed by atoms with van der Waals surface area (Å²) in [5.74, 6) is 0.984. The lowest BCUT2D eigenvalue weighted by Crippen LogP contribution is -2.10. The van der Waals surface area contributed by atoms with E-state index in [0.29, 0.717) is 6.10 Å². The number of benzene rings is 1. The Kier molecular flexibility index (Phi) is 3.73. The smallest absolute Gasteiger partial charge is 0.119 e. The van der Waals surface area contributed by atoms with Gasteiger partial charge >= 0.3 is 0 Å². The molecule has 0 amide bonds. The van der Waals surface area contributed by atoms with Crippen molar-refractivity contribution in [1.82, 2.24) is 4.98 Å². The number of hydrogen-bond acceptors (Lipinski definition) is 2.